The highest BCUT2D eigenvalue weighted by atomic mass is 16.2. The molecule has 1 atom stereocenters. The summed E-state index contributed by atoms with van der Waals surface area (Å²) < 4.78 is 0. The quantitative estimate of drug-likeness (QED) is 0.840. The third-order valence-corrected chi connectivity index (χ3v) is 4.43. The fourth-order valence-corrected chi connectivity index (χ4v) is 3.07. The molecule has 0 spiro atoms. The van der Waals surface area contributed by atoms with Gasteiger partial charge in [-0.05, 0) is 36.6 Å². The number of nitrogens with one attached hydrogen (secondary N) is 1. The maximum atomic E-state index is 12.6. The van der Waals surface area contributed by atoms with Crippen LogP contribution in [0.3, 0.4) is 0 Å². The van der Waals surface area contributed by atoms with E-state index < -0.39 is 0 Å². The third-order valence-electron chi connectivity index (χ3n) is 4.43. The number of nitrogens with zero attached hydrogens (tertiary/aromatic N) is 1. The lowest BCUT2D eigenvalue weighted by atomic mass is 10.0. The molecule has 0 bridgehead atoms. The lowest BCUT2D eigenvalue weighted by molar-refractivity contribution is 0.0636. The van der Waals surface area contributed by atoms with Crippen molar-refractivity contribution in [2.24, 2.45) is 5.92 Å². The van der Waals surface area contributed by atoms with Gasteiger partial charge in [-0.25, -0.2) is 0 Å². The molecule has 0 radical (unpaired) electrons. The minimum Gasteiger partial charge on any atom is -0.346 e. The summed E-state index contributed by atoms with van der Waals surface area (Å²) in [5.74, 6) is -0.703. The Labute approximate surface area is 153 Å². The van der Waals surface area contributed by atoms with Crippen LogP contribution in [0.5, 0.6) is 0 Å². The molecule has 1 heterocycles. The van der Waals surface area contributed by atoms with E-state index in [9.17, 15) is 14.4 Å². The Kier molecular flexibility index (Phi) is 4.89. The average molecular weight is 350 g/mol. The van der Waals surface area contributed by atoms with Crippen molar-refractivity contribution in [2.75, 3.05) is 6.54 Å². The van der Waals surface area contributed by atoms with Crippen LogP contribution in [-0.4, -0.2) is 29.2 Å². The van der Waals surface area contributed by atoms with Crippen LogP contribution in [0.1, 0.15) is 63.5 Å². The molecule has 2 aromatic rings. The van der Waals surface area contributed by atoms with Gasteiger partial charge in [0.2, 0.25) is 0 Å². The van der Waals surface area contributed by atoms with Crippen molar-refractivity contribution in [1.82, 2.24) is 10.2 Å². The van der Waals surface area contributed by atoms with Gasteiger partial charge in [0.15, 0.2) is 0 Å². The highest BCUT2D eigenvalue weighted by molar-refractivity contribution is 6.22. The van der Waals surface area contributed by atoms with E-state index in [0.717, 1.165) is 5.56 Å². The van der Waals surface area contributed by atoms with Crippen molar-refractivity contribution in [3.8, 4) is 0 Å². The van der Waals surface area contributed by atoms with E-state index in [1.54, 1.807) is 12.1 Å². The summed E-state index contributed by atoms with van der Waals surface area (Å²) in [5.41, 5.74) is 2.04. The van der Waals surface area contributed by atoms with Crippen molar-refractivity contribution in [2.45, 2.75) is 26.8 Å². The molecule has 0 saturated heterocycles. The van der Waals surface area contributed by atoms with E-state index in [1.807, 2.05) is 51.1 Å². The molecule has 3 rings (SSSR count). The Morgan fingerprint density at radius 1 is 0.962 bits per heavy atom. The van der Waals surface area contributed by atoms with Crippen LogP contribution in [-0.2, 0) is 0 Å². The number of amides is 3. The fraction of sp³-hybridized carbons (Fsp3) is 0.286. The van der Waals surface area contributed by atoms with Gasteiger partial charge in [0.05, 0.1) is 17.2 Å². The van der Waals surface area contributed by atoms with Gasteiger partial charge >= 0.3 is 0 Å². The average Bonchev–Trinajstić information content (AvgIpc) is 2.86. The number of benzene rings is 2. The summed E-state index contributed by atoms with van der Waals surface area (Å²) in [4.78, 5) is 38.7. The van der Waals surface area contributed by atoms with Crippen molar-refractivity contribution < 1.29 is 14.4 Å². The first-order valence-electron chi connectivity index (χ1n) is 8.74. The predicted molar refractivity (Wildman–Crippen MR) is 99.0 cm³/mol. The lowest BCUT2D eigenvalue weighted by Gasteiger charge is -2.15. The molecule has 5 nitrogen and oxygen atoms in total. The van der Waals surface area contributed by atoms with Crippen LogP contribution in [0.25, 0.3) is 0 Å². The van der Waals surface area contributed by atoms with Gasteiger partial charge in [0.1, 0.15) is 0 Å². The standard InChI is InChI=1S/C21H22N2O3/c1-13(2)12-23-20(25)17-10-9-16(11-18(17)21(23)26)19(24)22-14(3)15-7-5-4-6-8-15/h4-11,13-14H,12H2,1-3H3,(H,22,24)/t14-/m0/s1. The summed E-state index contributed by atoms with van der Waals surface area (Å²) in [5, 5.41) is 2.92. The first-order valence-corrected chi connectivity index (χ1v) is 8.74. The highest BCUT2D eigenvalue weighted by Gasteiger charge is 2.36. The maximum Gasteiger partial charge on any atom is 0.261 e. The molecule has 26 heavy (non-hydrogen) atoms. The molecule has 3 amide bonds. The van der Waals surface area contributed by atoms with Gasteiger partial charge < -0.3 is 5.32 Å². The predicted octanol–water partition coefficient (Wildman–Crippen LogP) is 3.43. The van der Waals surface area contributed by atoms with E-state index in [2.05, 4.69) is 5.32 Å². The van der Waals surface area contributed by atoms with Crippen molar-refractivity contribution in [1.29, 1.82) is 0 Å². The van der Waals surface area contributed by atoms with Crippen LogP contribution in [0.4, 0.5) is 0 Å². The molecule has 0 fully saturated rings. The second-order valence-electron chi connectivity index (χ2n) is 6.98. The first kappa shape index (κ1) is 17.9. The minimum absolute atomic E-state index is 0.160. The van der Waals surface area contributed by atoms with E-state index >= 15 is 0 Å². The van der Waals surface area contributed by atoms with E-state index in [1.165, 1.54) is 11.0 Å². The Morgan fingerprint density at radius 2 is 1.62 bits per heavy atom. The zero-order chi connectivity index (χ0) is 18.8. The number of fused-ring (bicyclic) bond motifs is 1. The summed E-state index contributed by atoms with van der Waals surface area (Å²) in [6.07, 6.45) is 0. The Hall–Kier alpha value is -2.95. The maximum absolute atomic E-state index is 12.6. The molecule has 0 unspecified atom stereocenters. The number of carbonyl (C=O) groups is 3. The van der Waals surface area contributed by atoms with E-state index in [-0.39, 0.29) is 29.7 Å². The number of hydrogen-bond acceptors (Lipinski definition) is 3. The van der Waals surface area contributed by atoms with Crippen molar-refractivity contribution in [3.05, 3.63) is 70.8 Å². The molecule has 0 saturated carbocycles. The monoisotopic (exact) mass is 350 g/mol. The number of carbonyl (C=O) groups excluding carboxylic acids is 3. The van der Waals surface area contributed by atoms with Gasteiger partial charge in [-0.3, -0.25) is 19.3 Å². The molecule has 1 aliphatic heterocycles. The van der Waals surface area contributed by atoms with Gasteiger partial charge in [-0.2, -0.15) is 0 Å². The SMILES string of the molecule is CC(C)CN1C(=O)c2ccc(C(=O)N[C@@H](C)c3ccccc3)cc2C1=O. The molecule has 1 N–H and O–H groups in total. The fourth-order valence-electron chi connectivity index (χ4n) is 3.07. The van der Waals surface area contributed by atoms with Crippen LogP contribution in [0.2, 0.25) is 0 Å². The zero-order valence-corrected chi connectivity index (χ0v) is 15.2. The molecule has 0 aromatic heterocycles. The topological polar surface area (TPSA) is 66.5 Å². The molecule has 2 aromatic carbocycles. The van der Waals surface area contributed by atoms with Gasteiger partial charge in [0.25, 0.3) is 17.7 Å². The second-order valence-corrected chi connectivity index (χ2v) is 6.98. The van der Waals surface area contributed by atoms with Gasteiger partial charge in [0, 0.05) is 12.1 Å². The third kappa shape index (κ3) is 3.38. The Balaban J connectivity index is 1.80. The number of imide groups is 1. The lowest BCUT2D eigenvalue weighted by Crippen LogP contribution is -2.33. The second kappa shape index (κ2) is 7.12. The molecule has 1 aliphatic rings. The molecule has 5 heteroatoms. The smallest absolute Gasteiger partial charge is 0.261 e. The summed E-state index contributed by atoms with van der Waals surface area (Å²) in [7, 11) is 0. The Bertz CT molecular complexity index is 859. The summed E-state index contributed by atoms with van der Waals surface area (Å²) >= 11 is 0. The van der Waals surface area contributed by atoms with E-state index in [4.69, 9.17) is 0 Å². The Morgan fingerprint density at radius 3 is 2.27 bits per heavy atom. The van der Waals surface area contributed by atoms with Crippen LogP contribution in [0.15, 0.2) is 48.5 Å². The normalized spacial score (nSPS) is 14.5. The van der Waals surface area contributed by atoms with Crippen LogP contribution in [0, 0.1) is 5.92 Å². The number of hydrogen-bond donors (Lipinski definition) is 1. The van der Waals surface area contributed by atoms with Crippen LogP contribution < -0.4 is 5.32 Å². The summed E-state index contributed by atoms with van der Waals surface area (Å²) in [6, 6.07) is 14.2. The molecule has 134 valence electrons. The highest BCUT2D eigenvalue weighted by Crippen LogP contribution is 2.25. The van der Waals surface area contributed by atoms with E-state index in [0.29, 0.717) is 23.2 Å². The first-order chi connectivity index (χ1) is 12.4. The zero-order valence-electron chi connectivity index (χ0n) is 15.2. The number of rotatable bonds is 5. The summed E-state index contributed by atoms with van der Waals surface area (Å²) in [6.45, 7) is 6.18. The largest absolute Gasteiger partial charge is 0.346 e. The van der Waals surface area contributed by atoms with Crippen LogP contribution >= 0.6 is 0 Å². The van der Waals surface area contributed by atoms with Crippen molar-refractivity contribution in [3.63, 3.8) is 0 Å². The molecular formula is C21H22N2O3. The van der Waals surface area contributed by atoms with Crippen molar-refractivity contribution >= 4 is 17.7 Å². The molecular weight excluding hydrogens is 328 g/mol. The van der Waals surface area contributed by atoms with Gasteiger partial charge in [-0.1, -0.05) is 44.2 Å². The minimum atomic E-state index is -0.329. The molecule has 0 aliphatic carbocycles. The van der Waals surface area contributed by atoms with Gasteiger partial charge in [-0.15, -0.1) is 0 Å².